The van der Waals surface area contributed by atoms with Crippen molar-refractivity contribution in [1.82, 2.24) is 9.78 Å². The SMILES string of the molecule is CC(C)c1cnn(C)c1/C=N/O. The normalized spacial score (nSPS) is 11.7. The van der Waals surface area contributed by atoms with Crippen molar-refractivity contribution in [1.29, 1.82) is 0 Å². The van der Waals surface area contributed by atoms with Crippen molar-refractivity contribution in [2.45, 2.75) is 19.8 Å². The summed E-state index contributed by atoms with van der Waals surface area (Å²) in [5, 5.41) is 15.5. The predicted molar refractivity (Wildman–Crippen MR) is 46.7 cm³/mol. The molecule has 0 atom stereocenters. The van der Waals surface area contributed by atoms with E-state index in [2.05, 4.69) is 24.1 Å². The van der Waals surface area contributed by atoms with Gasteiger partial charge in [0.1, 0.15) is 0 Å². The first-order valence-corrected chi connectivity index (χ1v) is 3.86. The van der Waals surface area contributed by atoms with Crippen LogP contribution < -0.4 is 0 Å². The van der Waals surface area contributed by atoms with Gasteiger partial charge in [-0.15, -0.1) is 0 Å². The van der Waals surface area contributed by atoms with Crippen molar-refractivity contribution in [3.63, 3.8) is 0 Å². The van der Waals surface area contributed by atoms with Gasteiger partial charge in [-0.25, -0.2) is 0 Å². The minimum atomic E-state index is 0.395. The molecule has 1 rings (SSSR count). The fraction of sp³-hybridized carbons (Fsp3) is 0.500. The molecular formula is C8H13N3O. The smallest absolute Gasteiger partial charge is 0.0917 e. The number of hydrogen-bond donors (Lipinski definition) is 1. The molecule has 0 saturated heterocycles. The maximum Gasteiger partial charge on any atom is 0.0917 e. The standard InChI is InChI=1S/C8H13N3O/c1-6(2)7-4-9-11(3)8(7)5-10-12/h4-6,12H,1-3H3/b10-5+. The lowest BCUT2D eigenvalue weighted by Gasteiger charge is -2.02. The number of aryl methyl sites for hydroxylation is 1. The van der Waals surface area contributed by atoms with Crippen LogP contribution in [0.5, 0.6) is 0 Å². The van der Waals surface area contributed by atoms with Crippen LogP contribution in [0.2, 0.25) is 0 Å². The number of aromatic nitrogens is 2. The molecule has 12 heavy (non-hydrogen) atoms. The maximum absolute atomic E-state index is 8.40. The van der Waals surface area contributed by atoms with E-state index >= 15 is 0 Å². The lowest BCUT2D eigenvalue weighted by Crippen LogP contribution is -2.00. The van der Waals surface area contributed by atoms with Gasteiger partial charge < -0.3 is 5.21 Å². The van der Waals surface area contributed by atoms with Gasteiger partial charge in [0, 0.05) is 12.6 Å². The highest BCUT2D eigenvalue weighted by molar-refractivity contribution is 5.79. The number of hydrogen-bond acceptors (Lipinski definition) is 3. The van der Waals surface area contributed by atoms with E-state index in [9.17, 15) is 0 Å². The van der Waals surface area contributed by atoms with E-state index in [0.29, 0.717) is 5.92 Å². The van der Waals surface area contributed by atoms with Crippen LogP contribution in [0.1, 0.15) is 31.0 Å². The Morgan fingerprint density at radius 2 is 2.33 bits per heavy atom. The summed E-state index contributed by atoms with van der Waals surface area (Å²) in [4.78, 5) is 0. The first-order valence-electron chi connectivity index (χ1n) is 3.86. The molecule has 1 heterocycles. The molecule has 4 nitrogen and oxygen atoms in total. The van der Waals surface area contributed by atoms with Crippen LogP contribution in [-0.4, -0.2) is 21.2 Å². The first-order chi connectivity index (χ1) is 5.66. The van der Waals surface area contributed by atoms with Crippen LogP contribution in [0.15, 0.2) is 11.4 Å². The molecule has 0 radical (unpaired) electrons. The topological polar surface area (TPSA) is 50.4 Å². The van der Waals surface area contributed by atoms with Crippen molar-refractivity contribution >= 4 is 6.21 Å². The summed E-state index contributed by atoms with van der Waals surface area (Å²) < 4.78 is 1.69. The van der Waals surface area contributed by atoms with E-state index in [1.165, 1.54) is 6.21 Å². The molecule has 0 bridgehead atoms. The molecular weight excluding hydrogens is 154 g/mol. The molecule has 0 spiro atoms. The monoisotopic (exact) mass is 167 g/mol. The summed E-state index contributed by atoms with van der Waals surface area (Å²) in [5.41, 5.74) is 1.95. The van der Waals surface area contributed by atoms with Gasteiger partial charge in [0.15, 0.2) is 0 Å². The van der Waals surface area contributed by atoms with Crippen LogP contribution in [0.25, 0.3) is 0 Å². The molecule has 1 aromatic rings. The molecule has 0 saturated carbocycles. The van der Waals surface area contributed by atoms with Crippen molar-refractivity contribution < 1.29 is 5.21 Å². The Morgan fingerprint density at radius 3 is 2.83 bits per heavy atom. The highest BCUT2D eigenvalue weighted by Gasteiger charge is 2.09. The van der Waals surface area contributed by atoms with Crippen molar-refractivity contribution in [3.8, 4) is 0 Å². The third-order valence-electron chi connectivity index (χ3n) is 1.82. The van der Waals surface area contributed by atoms with Gasteiger partial charge in [0.25, 0.3) is 0 Å². The molecule has 1 aromatic heterocycles. The zero-order valence-corrected chi connectivity index (χ0v) is 7.52. The van der Waals surface area contributed by atoms with Crippen LogP contribution in [0.4, 0.5) is 0 Å². The van der Waals surface area contributed by atoms with Crippen molar-refractivity contribution in [3.05, 3.63) is 17.5 Å². The van der Waals surface area contributed by atoms with Gasteiger partial charge in [0.05, 0.1) is 18.1 Å². The third kappa shape index (κ3) is 1.47. The Balaban J connectivity index is 3.12. The van der Waals surface area contributed by atoms with Crippen LogP contribution >= 0.6 is 0 Å². The van der Waals surface area contributed by atoms with Gasteiger partial charge in [0.2, 0.25) is 0 Å². The van der Waals surface area contributed by atoms with E-state index in [-0.39, 0.29) is 0 Å². The van der Waals surface area contributed by atoms with Crippen molar-refractivity contribution in [2.24, 2.45) is 12.2 Å². The first kappa shape index (κ1) is 8.77. The Kier molecular flexibility index (Phi) is 2.47. The third-order valence-corrected chi connectivity index (χ3v) is 1.82. The molecule has 0 aromatic carbocycles. The lowest BCUT2D eigenvalue weighted by molar-refractivity contribution is 0.321. The Labute approximate surface area is 71.5 Å². The molecule has 0 aliphatic carbocycles. The molecule has 0 aliphatic rings. The Bertz CT molecular complexity index is 288. The van der Waals surface area contributed by atoms with Crippen LogP contribution in [0.3, 0.4) is 0 Å². The summed E-state index contributed by atoms with van der Waals surface area (Å²) in [7, 11) is 1.82. The highest BCUT2D eigenvalue weighted by Crippen LogP contribution is 2.16. The molecule has 0 aliphatic heterocycles. The van der Waals surface area contributed by atoms with Crippen LogP contribution in [0, 0.1) is 0 Å². The zero-order chi connectivity index (χ0) is 9.14. The predicted octanol–water partition coefficient (Wildman–Crippen LogP) is 1.35. The maximum atomic E-state index is 8.40. The number of rotatable bonds is 2. The number of oxime groups is 1. The lowest BCUT2D eigenvalue weighted by atomic mass is 10.1. The van der Waals surface area contributed by atoms with E-state index in [0.717, 1.165) is 11.3 Å². The van der Waals surface area contributed by atoms with Crippen molar-refractivity contribution in [2.75, 3.05) is 0 Å². The zero-order valence-electron chi connectivity index (χ0n) is 7.52. The second-order valence-electron chi connectivity index (χ2n) is 3.01. The van der Waals surface area contributed by atoms with Crippen LogP contribution in [-0.2, 0) is 7.05 Å². The Morgan fingerprint density at radius 1 is 1.67 bits per heavy atom. The van der Waals surface area contributed by atoms with E-state index in [1.807, 2.05) is 7.05 Å². The molecule has 0 amide bonds. The van der Waals surface area contributed by atoms with E-state index in [1.54, 1.807) is 10.9 Å². The minimum absolute atomic E-state index is 0.395. The second kappa shape index (κ2) is 3.38. The molecule has 66 valence electrons. The fourth-order valence-electron chi connectivity index (χ4n) is 1.12. The van der Waals surface area contributed by atoms with E-state index < -0.39 is 0 Å². The Hall–Kier alpha value is -1.32. The summed E-state index contributed by atoms with van der Waals surface area (Å²) in [6.07, 6.45) is 3.20. The summed E-state index contributed by atoms with van der Waals surface area (Å²) in [5.74, 6) is 0.395. The molecule has 0 unspecified atom stereocenters. The van der Waals surface area contributed by atoms with Gasteiger partial charge in [-0.05, 0) is 5.92 Å². The number of nitrogens with zero attached hydrogens (tertiary/aromatic N) is 3. The molecule has 1 N–H and O–H groups in total. The fourth-order valence-corrected chi connectivity index (χ4v) is 1.12. The molecule has 0 fully saturated rings. The average Bonchev–Trinajstić information content (AvgIpc) is 2.34. The quantitative estimate of drug-likeness (QED) is 0.410. The summed E-state index contributed by atoms with van der Waals surface area (Å²) in [6, 6.07) is 0. The second-order valence-corrected chi connectivity index (χ2v) is 3.01. The highest BCUT2D eigenvalue weighted by atomic mass is 16.4. The van der Waals surface area contributed by atoms with Gasteiger partial charge in [-0.1, -0.05) is 19.0 Å². The van der Waals surface area contributed by atoms with Gasteiger partial charge in [-0.3, -0.25) is 4.68 Å². The summed E-state index contributed by atoms with van der Waals surface area (Å²) >= 11 is 0. The average molecular weight is 167 g/mol. The van der Waals surface area contributed by atoms with Gasteiger partial charge in [-0.2, -0.15) is 5.10 Å². The van der Waals surface area contributed by atoms with Gasteiger partial charge >= 0.3 is 0 Å². The van der Waals surface area contributed by atoms with E-state index in [4.69, 9.17) is 5.21 Å². The largest absolute Gasteiger partial charge is 0.411 e. The minimum Gasteiger partial charge on any atom is -0.411 e. The summed E-state index contributed by atoms with van der Waals surface area (Å²) in [6.45, 7) is 4.15. The molecule has 4 heteroatoms.